The van der Waals surface area contributed by atoms with E-state index in [-0.39, 0.29) is 10.8 Å². The number of rotatable bonds is 3. The number of carbonyl (C=O) groups excluding carboxylic acids is 1. The summed E-state index contributed by atoms with van der Waals surface area (Å²) in [5.74, 6) is 0.489. The van der Waals surface area contributed by atoms with Crippen molar-refractivity contribution in [3.8, 4) is 5.75 Å². The average molecular weight is 401 g/mol. The normalized spacial score (nSPS) is 18.9. The molecule has 0 aromatic heterocycles. The molecule has 1 amide bonds. The van der Waals surface area contributed by atoms with E-state index in [2.05, 4.69) is 10.6 Å². The molecule has 28 heavy (non-hydrogen) atoms. The Hall–Kier alpha value is -2.58. The van der Waals surface area contributed by atoms with Crippen LogP contribution in [0.5, 0.6) is 5.75 Å². The molecule has 2 aliphatic rings. The number of carbonyl (C=O) groups is 1. The Kier molecular flexibility index (Phi) is 4.55. The van der Waals surface area contributed by atoms with Crippen LogP contribution in [0.15, 0.2) is 47.4 Å². The monoisotopic (exact) mass is 401 g/mol. The molecule has 0 saturated carbocycles. The second-order valence-electron chi connectivity index (χ2n) is 7.24. The maximum atomic E-state index is 13.0. The highest BCUT2D eigenvalue weighted by atomic mass is 32.2. The Morgan fingerprint density at radius 3 is 2.36 bits per heavy atom. The number of hydrogen-bond donors (Lipinski definition) is 2. The van der Waals surface area contributed by atoms with Gasteiger partial charge in [0.1, 0.15) is 11.4 Å². The predicted octanol–water partition coefficient (Wildman–Crippen LogP) is 2.34. The molecular formula is C20H23N3O4S. The lowest BCUT2D eigenvalue weighted by molar-refractivity contribution is 0.0865. The van der Waals surface area contributed by atoms with Crippen molar-refractivity contribution >= 4 is 21.6 Å². The first-order valence-electron chi connectivity index (χ1n) is 9.19. The Balaban J connectivity index is 1.53. The van der Waals surface area contributed by atoms with Crippen molar-refractivity contribution in [2.45, 2.75) is 30.3 Å². The number of fused-ring (bicyclic) bond motifs is 1. The van der Waals surface area contributed by atoms with Gasteiger partial charge in [-0.05, 0) is 42.8 Å². The van der Waals surface area contributed by atoms with Gasteiger partial charge < -0.3 is 15.4 Å². The van der Waals surface area contributed by atoms with Crippen molar-refractivity contribution in [1.29, 1.82) is 0 Å². The summed E-state index contributed by atoms with van der Waals surface area (Å²) >= 11 is 0. The van der Waals surface area contributed by atoms with Crippen molar-refractivity contribution in [1.82, 2.24) is 9.62 Å². The lowest BCUT2D eigenvalue weighted by atomic mass is 9.92. The molecule has 0 bridgehead atoms. The zero-order valence-electron chi connectivity index (χ0n) is 15.9. The van der Waals surface area contributed by atoms with Gasteiger partial charge in [-0.1, -0.05) is 12.1 Å². The highest BCUT2D eigenvalue weighted by molar-refractivity contribution is 7.89. The number of nitrogens with zero attached hydrogens (tertiary/aromatic N) is 1. The van der Waals surface area contributed by atoms with Crippen LogP contribution in [0.25, 0.3) is 0 Å². The lowest BCUT2D eigenvalue weighted by Crippen LogP contribution is -2.62. The molecule has 0 radical (unpaired) electrons. The van der Waals surface area contributed by atoms with Gasteiger partial charge in [0.2, 0.25) is 10.0 Å². The maximum absolute atomic E-state index is 13.0. The molecule has 2 aliphatic heterocycles. The van der Waals surface area contributed by atoms with Crippen molar-refractivity contribution in [2.24, 2.45) is 0 Å². The smallest absolute Gasteiger partial charge is 0.255 e. The Morgan fingerprint density at radius 2 is 1.71 bits per heavy atom. The first-order valence-corrected chi connectivity index (χ1v) is 10.6. The van der Waals surface area contributed by atoms with Gasteiger partial charge in [0, 0.05) is 25.9 Å². The minimum Gasteiger partial charge on any atom is -0.497 e. The third-order valence-electron chi connectivity index (χ3n) is 5.51. The minimum absolute atomic E-state index is 0.121. The molecule has 2 N–H and O–H groups in total. The van der Waals surface area contributed by atoms with Gasteiger partial charge in [-0.25, -0.2) is 8.42 Å². The molecule has 2 heterocycles. The maximum Gasteiger partial charge on any atom is 0.255 e. The molecule has 1 fully saturated rings. The van der Waals surface area contributed by atoms with Crippen molar-refractivity contribution in [3.63, 3.8) is 0 Å². The van der Waals surface area contributed by atoms with Gasteiger partial charge in [-0.15, -0.1) is 0 Å². The van der Waals surface area contributed by atoms with Gasteiger partial charge in [-0.2, -0.15) is 4.31 Å². The summed E-state index contributed by atoms with van der Waals surface area (Å²) in [6.07, 6.45) is 0.976. The van der Waals surface area contributed by atoms with E-state index >= 15 is 0 Å². The van der Waals surface area contributed by atoms with Gasteiger partial charge in [0.25, 0.3) is 5.91 Å². The Morgan fingerprint density at radius 1 is 1.04 bits per heavy atom. The summed E-state index contributed by atoms with van der Waals surface area (Å²) in [5.41, 5.74) is 1.83. The van der Waals surface area contributed by atoms with Crippen LogP contribution >= 0.6 is 0 Å². The number of para-hydroxylation sites is 1. The third-order valence-corrected chi connectivity index (χ3v) is 7.42. The van der Waals surface area contributed by atoms with Crippen molar-refractivity contribution in [3.05, 3.63) is 53.6 Å². The first-order chi connectivity index (χ1) is 13.3. The van der Waals surface area contributed by atoms with Crippen LogP contribution in [0.2, 0.25) is 0 Å². The van der Waals surface area contributed by atoms with E-state index in [0.717, 1.165) is 11.3 Å². The summed E-state index contributed by atoms with van der Waals surface area (Å²) < 4.78 is 32.5. The molecule has 1 saturated heterocycles. The minimum atomic E-state index is -3.59. The molecule has 0 unspecified atom stereocenters. The molecule has 7 nitrogen and oxygen atoms in total. The van der Waals surface area contributed by atoms with Gasteiger partial charge >= 0.3 is 0 Å². The van der Waals surface area contributed by atoms with Crippen LogP contribution in [-0.2, 0) is 10.0 Å². The van der Waals surface area contributed by atoms with Gasteiger partial charge in [-0.3, -0.25) is 4.79 Å². The SMILES string of the molecule is COc1ccc(S(=O)(=O)N2CCC3(CC2)NC(=O)c2cccc(C)c2N3)cc1. The van der Waals surface area contributed by atoms with Crippen LogP contribution in [0.1, 0.15) is 28.8 Å². The number of piperidine rings is 1. The number of hydrogen-bond acceptors (Lipinski definition) is 5. The van der Waals surface area contributed by atoms with Crippen molar-refractivity contribution in [2.75, 3.05) is 25.5 Å². The van der Waals surface area contributed by atoms with E-state index in [9.17, 15) is 13.2 Å². The molecule has 0 aliphatic carbocycles. The van der Waals surface area contributed by atoms with Gasteiger partial charge in [0.15, 0.2) is 0 Å². The van der Waals surface area contributed by atoms with Crippen LogP contribution < -0.4 is 15.4 Å². The number of benzene rings is 2. The fourth-order valence-corrected chi connectivity index (χ4v) is 5.27. The van der Waals surface area contributed by atoms with E-state index < -0.39 is 15.7 Å². The average Bonchev–Trinajstić information content (AvgIpc) is 2.69. The van der Waals surface area contributed by atoms with E-state index in [1.807, 2.05) is 19.1 Å². The number of nitrogens with one attached hydrogen (secondary N) is 2. The van der Waals surface area contributed by atoms with E-state index in [1.165, 1.54) is 4.31 Å². The molecule has 1 spiro atoms. The molecule has 4 rings (SSSR count). The molecule has 148 valence electrons. The van der Waals surface area contributed by atoms with Gasteiger partial charge in [0.05, 0.1) is 23.3 Å². The van der Waals surface area contributed by atoms with Crippen LogP contribution in [-0.4, -0.2) is 44.5 Å². The number of amides is 1. The fraction of sp³-hybridized carbons (Fsp3) is 0.350. The zero-order valence-corrected chi connectivity index (χ0v) is 16.7. The second kappa shape index (κ2) is 6.79. The second-order valence-corrected chi connectivity index (χ2v) is 9.18. The molecule has 0 atom stereocenters. The standard InChI is InChI=1S/C20H23N3O4S/c1-14-4-3-5-17-18(14)21-20(22-19(17)24)10-12-23(13-11-20)28(25,26)16-8-6-15(27-2)7-9-16/h3-9,21H,10-13H2,1-2H3,(H,22,24). The summed E-state index contributed by atoms with van der Waals surface area (Å²) in [7, 11) is -2.05. The molecule has 2 aromatic carbocycles. The number of sulfonamides is 1. The molecule has 8 heteroatoms. The fourth-order valence-electron chi connectivity index (χ4n) is 3.83. The predicted molar refractivity (Wildman–Crippen MR) is 106 cm³/mol. The lowest BCUT2D eigenvalue weighted by Gasteiger charge is -2.45. The summed E-state index contributed by atoms with van der Waals surface area (Å²) in [5, 5.41) is 6.52. The number of anilines is 1. The van der Waals surface area contributed by atoms with E-state index in [0.29, 0.717) is 37.2 Å². The van der Waals surface area contributed by atoms with E-state index in [1.54, 1.807) is 37.4 Å². The number of methoxy groups -OCH3 is 1. The Bertz CT molecular complexity index is 1010. The van der Waals surface area contributed by atoms with Crippen LogP contribution in [0.4, 0.5) is 5.69 Å². The molecule has 2 aromatic rings. The van der Waals surface area contributed by atoms with E-state index in [4.69, 9.17) is 4.74 Å². The zero-order chi connectivity index (χ0) is 19.9. The molecular weight excluding hydrogens is 378 g/mol. The number of ether oxygens (including phenoxy) is 1. The van der Waals surface area contributed by atoms with Crippen LogP contribution in [0, 0.1) is 6.92 Å². The highest BCUT2D eigenvalue weighted by Gasteiger charge is 2.43. The highest BCUT2D eigenvalue weighted by Crippen LogP contribution is 2.34. The third kappa shape index (κ3) is 3.12. The topological polar surface area (TPSA) is 87.7 Å². The first kappa shape index (κ1) is 18.8. The summed E-state index contributed by atoms with van der Waals surface area (Å²) in [6, 6.07) is 12.0. The summed E-state index contributed by atoms with van der Waals surface area (Å²) in [4.78, 5) is 12.8. The Labute approximate surface area is 164 Å². The summed E-state index contributed by atoms with van der Waals surface area (Å²) in [6.45, 7) is 2.60. The quantitative estimate of drug-likeness (QED) is 0.824. The van der Waals surface area contributed by atoms with Crippen LogP contribution in [0.3, 0.4) is 0 Å². The number of aryl methyl sites for hydroxylation is 1. The van der Waals surface area contributed by atoms with Crippen molar-refractivity contribution < 1.29 is 17.9 Å². The largest absolute Gasteiger partial charge is 0.497 e.